The summed E-state index contributed by atoms with van der Waals surface area (Å²) in [7, 11) is 0. The van der Waals surface area contributed by atoms with Crippen LogP contribution in [0.3, 0.4) is 0 Å². The Morgan fingerprint density at radius 1 is 1.47 bits per heavy atom. The van der Waals surface area contributed by atoms with Crippen LogP contribution in [0.25, 0.3) is 0 Å². The standard InChI is InChI=1S/C13H15ClN2O/c1-10(2)16(13(17)7-14)9-12-6-4-3-5-11(12)8-15/h3-6,10H,7,9H2,1-2H3. The fourth-order valence-corrected chi connectivity index (χ4v) is 1.74. The van der Waals surface area contributed by atoms with Gasteiger partial charge < -0.3 is 4.90 Å². The van der Waals surface area contributed by atoms with Gasteiger partial charge in [0, 0.05) is 12.6 Å². The van der Waals surface area contributed by atoms with Gasteiger partial charge in [-0.2, -0.15) is 5.26 Å². The van der Waals surface area contributed by atoms with Crippen LogP contribution >= 0.6 is 11.6 Å². The molecular weight excluding hydrogens is 236 g/mol. The van der Waals surface area contributed by atoms with Crippen LogP contribution in [0.4, 0.5) is 0 Å². The number of rotatable bonds is 4. The highest BCUT2D eigenvalue weighted by atomic mass is 35.5. The number of nitrogens with zero attached hydrogens (tertiary/aromatic N) is 2. The first-order valence-electron chi connectivity index (χ1n) is 5.43. The summed E-state index contributed by atoms with van der Waals surface area (Å²) in [6, 6.07) is 9.47. The second kappa shape index (κ2) is 6.27. The number of nitriles is 1. The molecule has 0 saturated heterocycles. The number of benzene rings is 1. The molecule has 0 atom stereocenters. The quantitative estimate of drug-likeness (QED) is 0.771. The SMILES string of the molecule is CC(C)N(Cc1ccccc1C#N)C(=O)CCl. The number of amides is 1. The van der Waals surface area contributed by atoms with Gasteiger partial charge in [0.15, 0.2) is 0 Å². The molecule has 3 nitrogen and oxygen atoms in total. The topological polar surface area (TPSA) is 44.1 Å². The first kappa shape index (κ1) is 13.5. The van der Waals surface area contributed by atoms with Gasteiger partial charge in [-0.3, -0.25) is 4.79 Å². The van der Waals surface area contributed by atoms with Crippen molar-refractivity contribution in [2.45, 2.75) is 26.4 Å². The molecule has 0 fully saturated rings. The van der Waals surface area contributed by atoms with E-state index in [4.69, 9.17) is 16.9 Å². The Labute approximate surface area is 107 Å². The van der Waals surface area contributed by atoms with E-state index in [1.165, 1.54) is 0 Å². The number of carbonyl (C=O) groups excluding carboxylic acids is 1. The van der Waals surface area contributed by atoms with Crippen LogP contribution in [0.2, 0.25) is 0 Å². The van der Waals surface area contributed by atoms with Gasteiger partial charge in [-0.05, 0) is 25.5 Å². The fraction of sp³-hybridized carbons (Fsp3) is 0.385. The summed E-state index contributed by atoms with van der Waals surface area (Å²) in [6.45, 7) is 4.28. The number of alkyl halides is 1. The molecule has 0 aliphatic rings. The van der Waals surface area contributed by atoms with Crippen molar-refractivity contribution < 1.29 is 4.79 Å². The average molecular weight is 251 g/mol. The minimum absolute atomic E-state index is 0.0348. The predicted octanol–water partition coefficient (Wildman–Crippen LogP) is 2.53. The van der Waals surface area contributed by atoms with E-state index in [1.54, 1.807) is 11.0 Å². The second-order valence-corrected chi connectivity index (χ2v) is 4.29. The summed E-state index contributed by atoms with van der Waals surface area (Å²) in [4.78, 5) is 13.3. The Balaban J connectivity index is 2.94. The molecule has 0 bridgehead atoms. The van der Waals surface area contributed by atoms with E-state index in [1.807, 2.05) is 32.0 Å². The smallest absolute Gasteiger partial charge is 0.238 e. The van der Waals surface area contributed by atoms with E-state index < -0.39 is 0 Å². The highest BCUT2D eigenvalue weighted by molar-refractivity contribution is 6.27. The van der Waals surface area contributed by atoms with E-state index in [0.717, 1.165) is 5.56 Å². The lowest BCUT2D eigenvalue weighted by Gasteiger charge is -2.26. The number of hydrogen-bond acceptors (Lipinski definition) is 2. The van der Waals surface area contributed by atoms with Crippen molar-refractivity contribution in [2.75, 3.05) is 5.88 Å². The maximum absolute atomic E-state index is 11.7. The minimum Gasteiger partial charge on any atom is -0.335 e. The molecule has 1 aromatic carbocycles. The highest BCUT2D eigenvalue weighted by Crippen LogP contribution is 2.13. The molecule has 0 aliphatic carbocycles. The fourth-order valence-electron chi connectivity index (χ4n) is 1.59. The van der Waals surface area contributed by atoms with Crippen molar-refractivity contribution >= 4 is 17.5 Å². The first-order chi connectivity index (χ1) is 8.10. The third-order valence-corrected chi connectivity index (χ3v) is 2.77. The molecule has 1 rings (SSSR count). The average Bonchev–Trinajstić information content (AvgIpc) is 2.35. The summed E-state index contributed by atoms with van der Waals surface area (Å²) in [5.74, 6) is -0.151. The highest BCUT2D eigenvalue weighted by Gasteiger charge is 2.17. The largest absolute Gasteiger partial charge is 0.335 e. The summed E-state index contributed by atoms with van der Waals surface area (Å²) in [5.41, 5.74) is 1.45. The Hall–Kier alpha value is -1.53. The Bertz CT molecular complexity index is 437. The molecule has 0 aliphatic heterocycles. The Kier molecular flexibility index (Phi) is 4.99. The number of halogens is 1. The van der Waals surface area contributed by atoms with Crippen LogP contribution in [0.1, 0.15) is 25.0 Å². The van der Waals surface area contributed by atoms with Crippen molar-refractivity contribution in [1.82, 2.24) is 4.90 Å². The number of carbonyl (C=O) groups is 1. The van der Waals surface area contributed by atoms with E-state index in [-0.39, 0.29) is 17.8 Å². The molecule has 0 radical (unpaired) electrons. The first-order valence-corrected chi connectivity index (χ1v) is 5.97. The van der Waals surface area contributed by atoms with E-state index in [9.17, 15) is 4.79 Å². The van der Waals surface area contributed by atoms with Gasteiger partial charge in [0.1, 0.15) is 5.88 Å². The summed E-state index contributed by atoms with van der Waals surface area (Å²) in [6.07, 6.45) is 0. The molecule has 4 heteroatoms. The van der Waals surface area contributed by atoms with Gasteiger partial charge in [-0.15, -0.1) is 11.6 Å². The Morgan fingerprint density at radius 2 is 2.12 bits per heavy atom. The molecule has 0 heterocycles. The zero-order chi connectivity index (χ0) is 12.8. The van der Waals surface area contributed by atoms with Crippen LogP contribution in [-0.2, 0) is 11.3 Å². The van der Waals surface area contributed by atoms with Crippen LogP contribution in [0.15, 0.2) is 24.3 Å². The summed E-state index contributed by atoms with van der Waals surface area (Å²) < 4.78 is 0. The molecule has 1 amide bonds. The van der Waals surface area contributed by atoms with Gasteiger partial charge in [0.2, 0.25) is 5.91 Å². The van der Waals surface area contributed by atoms with Crippen molar-refractivity contribution in [2.24, 2.45) is 0 Å². The molecular formula is C13H15ClN2O. The monoisotopic (exact) mass is 250 g/mol. The second-order valence-electron chi connectivity index (χ2n) is 4.02. The van der Waals surface area contributed by atoms with Crippen LogP contribution in [-0.4, -0.2) is 22.7 Å². The maximum atomic E-state index is 11.7. The molecule has 0 unspecified atom stereocenters. The third-order valence-electron chi connectivity index (χ3n) is 2.54. The van der Waals surface area contributed by atoms with E-state index in [2.05, 4.69) is 6.07 Å². The van der Waals surface area contributed by atoms with Gasteiger partial charge in [-0.25, -0.2) is 0 Å². The molecule has 0 aromatic heterocycles. The van der Waals surface area contributed by atoms with E-state index >= 15 is 0 Å². The van der Waals surface area contributed by atoms with Crippen molar-refractivity contribution in [3.63, 3.8) is 0 Å². The third kappa shape index (κ3) is 3.47. The normalized spacial score (nSPS) is 10.1. The maximum Gasteiger partial charge on any atom is 0.238 e. The van der Waals surface area contributed by atoms with E-state index in [0.29, 0.717) is 12.1 Å². The Morgan fingerprint density at radius 3 is 2.65 bits per heavy atom. The molecule has 0 saturated carbocycles. The zero-order valence-electron chi connectivity index (χ0n) is 9.98. The number of hydrogen-bond donors (Lipinski definition) is 0. The van der Waals surface area contributed by atoms with Gasteiger partial charge in [0.25, 0.3) is 0 Å². The summed E-state index contributed by atoms with van der Waals surface area (Å²) in [5, 5.41) is 8.99. The summed E-state index contributed by atoms with van der Waals surface area (Å²) >= 11 is 5.57. The lowest BCUT2D eigenvalue weighted by molar-refractivity contribution is -0.130. The zero-order valence-corrected chi connectivity index (χ0v) is 10.7. The minimum atomic E-state index is -0.116. The van der Waals surface area contributed by atoms with Gasteiger partial charge in [-0.1, -0.05) is 18.2 Å². The molecule has 90 valence electrons. The van der Waals surface area contributed by atoms with Gasteiger partial charge in [0.05, 0.1) is 11.6 Å². The predicted molar refractivity (Wildman–Crippen MR) is 67.6 cm³/mol. The van der Waals surface area contributed by atoms with Crippen LogP contribution < -0.4 is 0 Å². The van der Waals surface area contributed by atoms with Crippen molar-refractivity contribution in [3.05, 3.63) is 35.4 Å². The van der Waals surface area contributed by atoms with Crippen LogP contribution in [0.5, 0.6) is 0 Å². The lowest BCUT2D eigenvalue weighted by atomic mass is 10.1. The van der Waals surface area contributed by atoms with Gasteiger partial charge >= 0.3 is 0 Å². The van der Waals surface area contributed by atoms with Crippen molar-refractivity contribution in [3.8, 4) is 6.07 Å². The van der Waals surface area contributed by atoms with Crippen LogP contribution in [0, 0.1) is 11.3 Å². The molecule has 0 N–H and O–H groups in total. The van der Waals surface area contributed by atoms with Crippen molar-refractivity contribution in [1.29, 1.82) is 5.26 Å². The molecule has 17 heavy (non-hydrogen) atoms. The lowest BCUT2D eigenvalue weighted by Crippen LogP contribution is -2.37. The molecule has 0 spiro atoms. The molecule has 1 aromatic rings.